The number of hydrogen-bond donors (Lipinski definition) is 2. The van der Waals surface area contributed by atoms with Crippen LogP contribution in [0.25, 0.3) is 0 Å². The van der Waals surface area contributed by atoms with Crippen molar-refractivity contribution in [2.75, 3.05) is 33.4 Å². The number of piperidine rings is 1. The Morgan fingerprint density at radius 2 is 2.25 bits per heavy atom. The van der Waals surface area contributed by atoms with Gasteiger partial charge in [-0.15, -0.1) is 0 Å². The van der Waals surface area contributed by atoms with Crippen molar-refractivity contribution >= 4 is 6.03 Å². The summed E-state index contributed by atoms with van der Waals surface area (Å²) in [7, 11) is 1.96. The average Bonchev–Trinajstić information content (AvgIpc) is 2.82. The number of likely N-dealkylation sites (N-methyl/N-ethyl adjacent to an activating group) is 1. The summed E-state index contributed by atoms with van der Waals surface area (Å²) >= 11 is 0. The van der Waals surface area contributed by atoms with Gasteiger partial charge < -0.3 is 20.3 Å². The zero-order valence-electron chi connectivity index (χ0n) is 9.87. The lowest BCUT2D eigenvalue weighted by Crippen LogP contribution is -2.52. The minimum atomic E-state index is 0.0652. The quantitative estimate of drug-likeness (QED) is 0.707. The molecule has 2 unspecified atom stereocenters. The fraction of sp³-hybridized carbons (Fsp3) is 0.909. The highest BCUT2D eigenvalue weighted by Crippen LogP contribution is 2.11. The van der Waals surface area contributed by atoms with Gasteiger partial charge in [0.25, 0.3) is 0 Å². The van der Waals surface area contributed by atoms with Gasteiger partial charge in [-0.1, -0.05) is 0 Å². The fourth-order valence-corrected chi connectivity index (χ4v) is 2.31. The largest absolute Gasteiger partial charge is 0.379 e. The van der Waals surface area contributed by atoms with Gasteiger partial charge in [-0.25, -0.2) is 4.79 Å². The predicted octanol–water partition coefficient (Wildman–Crippen LogP) is 0.169. The Labute approximate surface area is 96.5 Å². The molecule has 16 heavy (non-hydrogen) atoms. The maximum Gasteiger partial charge on any atom is 0.317 e. The van der Waals surface area contributed by atoms with Gasteiger partial charge in [0.05, 0.1) is 12.6 Å². The van der Waals surface area contributed by atoms with Crippen LogP contribution in [0.1, 0.15) is 19.3 Å². The van der Waals surface area contributed by atoms with Crippen LogP contribution in [0.3, 0.4) is 0 Å². The van der Waals surface area contributed by atoms with Crippen molar-refractivity contribution in [3.8, 4) is 0 Å². The summed E-state index contributed by atoms with van der Waals surface area (Å²) < 4.78 is 5.24. The normalized spacial score (nSPS) is 30.4. The smallest absolute Gasteiger partial charge is 0.317 e. The lowest BCUT2D eigenvalue weighted by molar-refractivity contribution is 0.164. The van der Waals surface area contributed by atoms with E-state index < -0.39 is 0 Å². The van der Waals surface area contributed by atoms with E-state index >= 15 is 0 Å². The molecule has 2 fully saturated rings. The first kappa shape index (κ1) is 11.7. The predicted molar refractivity (Wildman–Crippen MR) is 61.4 cm³/mol. The van der Waals surface area contributed by atoms with Gasteiger partial charge in [0.1, 0.15) is 0 Å². The average molecular weight is 227 g/mol. The molecule has 5 heteroatoms. The number of hydrogen-bond acceptors (Lipinski definition) is 3. The van der Waals surface area contributed by atoms with Crippen LogP contribution in [-0.4, -0.2) is 56.4 Å². The lowest BCUT2D eigenvalue weighted by Gasteiger charge is -2.33. The molecule has 0 saturated carbocycles. The monoisotopic (exact) mass is 227 g/mol. The van der Waals surface area contributed by atoms with Crippen molar-refractivity contribution in [3.63, 3.8) is 0 Å². The van der Waals surface area contributed by atoms with E-state index in [9.17, 15) is 4.79 Å². The number of ether oxygens (including phenoxy) is 1. The second-order valence-electron chi connectivity index (χ2n) is 4.58. The Bertz CT molecular complexity index is 241. The van der Waals surface area contributed by atoms with Crippen molar-refractivity contribution in [2.45, 2.75) is 31.3 Å². The van der Waals surface area contributed by atoms with Crippen LogP contribution in [0.2, 0.25) is 0 Å². The van der Waals surface area contributed by atoms with Crippen LogP contribution in [0.15, 0.2) is 0 Å². The van der Waals surface area contributed by atoms with Crippen LogP contribution in [0, 0.1) is 0 Å². The molecule has 2 saturated heterocycles. The number of rotatable bonds is 2. The Kier molecular flexibility index (Phi) is 4.01. The second-order valence-corrected chi connectivity index (χ2v) is 4.58. The van der Waals surface area contributed by atoms with E-state index in [1.165, 1.54) is 0 Å². The van der Waals surface area contributed by atoms with Gasteiger partial charge in [0.2, 0.25) is 0 Å². The zero-order valence-corrected chi connectivity index (χ0v) is 9.87. The van der Waals surface area contributed by atoms with Gasteiger partial charge in [0, 0.05) is 25.7 Å². The molecule has 0 aromatic heterocycles. The minimum Gasteiger partial charge on any atom is -0.379 e. The number of urea groups is 1. The summed E-state index contributed by atoms with van der Waals surface area (Å²) in [6.45, 7) is 3.12. The topological polar surface area (TPSA) is 53.6 Å². The van der Waals surface area contributed by atoms with Crippen LogP contribution in [0.5, 0.6) is 0 Å². The maximum absolute atomic E-state index is 11.9. The molecule has 0 aromatic carbocycles. The van der Waals surface area contributed by atoms with Gasteiger partial charge in [-0.3, -0.25) is 0 Å². The van der Waals surface area contributed by atoms with Gasteiger partial charge in [0.15, 0.2) is 0 Å². The maximum atomic E-state index is 11.9. The van der Waals surface area contributed by atoms with E-state index in [-0.39, 0.29) is 12.1 Å². The SMILES string of the molecule is CNC1CCCN(C(=O)NC2CCOC2)C1. The van der Waals surface area contributed by atoms with Crippen molar-refractivity contribution in [2.24, 2.45) is 0 Å². The highest BCUT2D eigenvalue weighted by atomic mass is 16.5. The molecule has 5 nitrogen and oxygen atoms in total. The number of nitrogens with zero attached hydrogens (tertiary/aromatic N) is 1. The summed E-state index contributed by atoms with van der Waals surface area (Å²) in [5, 5.41) is 6.26. The van der Waals surface area contributed by atoms with Gasteiger partial charge >= 0.3 is 6.03 Å². The van der Waals surface area contributed by atoms with Crippen molar-refractivity contribution < 1.29 is 9.53 Å². The molecule has 92 valence electrons. The number of carbonyl (C=O) groups is 1. The van der Waals surface area contributed by atoms with Crippen molar-refractivity contribution in [1.29, 1.82) is 0 Å². The molecule has 0 bridgehead atoms. The highest BCUT2D eigenvalue weighted by Gasteiger charge is 2.25. The third-order valence-corrected chi connectivity index (χ3v) is 3.37. The lowest BCUT2D eigenvalue weighted by atomic mass is 10.1. The Morgan fingerprint density at radius 1 is 1.38 bits per heavy atom. The molecule has 2 atom stereocenters. The molecule has 2 N–H and O–H groups in total. The summed E-state index contributed by atoms with van der Waals surface area (Å²) in [5.41, 5.74) is 0. The van der Waals surface area contributed by atoms with Crippen LogP contribution >= 0.6 is 0 Å². The van der Waals surface area contributed by atoms with Crippen LogP contribution in [-0.2, 0) is 4.74 Å². The number of nitrogens with one attached hydrogen (secondary N) is 2. The standard InChI is InChI=1S/C11H21N3O2/c1-12-9-3-2-5-14(7-9)11(15)13-10-4-6-16-8-10/h9-10,12H,2-8H2,1H3,(H,13,15). The Balaban J connectivity index is 1.79. The molecule has 0 aliphatic carbocycles. The molecular formula is C11H21N3O2. The summed E-state index contributed by atoms with van der Waals surface area (Å²) in [6, 6.07) is 0.720. The molecule has 0 spiro atoms. The van der Waals surface area contributed by atoms with Gasteiger partial charge in [-0.05, 0) is 26.3 Å². The molecule has 2 rings (SSSR count). The summed E-state index contributed by atoms with van der Waals surface area (Å²) in [6.07, 6.45) is 3.18. The molecule has 2 heterocycles. The molecule has 2 amide bonds. The van der Waals surface area contributed by atoms with Gasteiger partial charge in [-0.2, -0.15) is 0 Å². The second kappa shape index (κ2) is 5.50. The van der Waals surface area contributed by atoms with E-state index in [1.807, 2.05) is 11.9 Å². The molecule has 0 aromatic rings. The minimum absolute atomic E-state index is 0.0652. The molecule has 2 aliphatic rings. The third-order valence-electron chi connectivity index (χ3n) is 3.37. The fourth-order valence-electron chi connectivity index (χ4n) is 2.31. The zero-order chi connectivity index (χ0) is 11.4. The first-order valence-electron chi connectivity index (χ1n) is 6.10. The number of likely N-dealkylation sites (tertiary alicyclic amines) is 1. The summed E-state index contributed by atoms with van der Waals surface area (Å²) in [4.78, 5) is 13.9. The van der Waals surface area contributed by atoms with E-state index in [0.29, 0.717) is 12.6 Å². The number of carbonyl (C=O) groups excluding carboxylic acids is 1. The van der Waals surface area contributed by atoms with Crippen LogP contribution < -0.4 is 10.6 Å². The molecule has 2 aliphatic heterocycles. The first-order chi connectivity index (χ1) is 7.79. The number of amides is 2. The Hall–Kier alpha value is -0.810. The van der Waals surface area contributed by atoms with E-state index in [4.69, 9.17) is 4.74 Å². The van der Waals surface area contributed by atoms with E-state index in [0.717, 1.165) is 39.0 Å². The highest BCUT2D eigenvalue weighted by molar-refractivity contribution is 5.74. The van der Waals surface area contributed by atoms with Crippen LogP contribution in [0.4, 0.5) is 4.79 Å². The van der Waals surface area contributed by atoms with E-state index in [1.54, 1.807) is 0 Å². The molecule has 0 radical (unpaired) electrons. The first-order valence-corrected chi connectivity index (χ1v) is 6.10. The third kappa shape index (κ3) is 2.86. The van der Waals surface area contributed by atoms with Crippen molar-refractivity contribution in [1.82, 2.24) is 15.5 Å². The Morgan fingerprint density at radius 3 is 2.94 bits per heavy atom. The van der Waals surface area contributed by atoms with Crippen molar-refractivity contribution in [3.05, 3.63) is 0 Å². The van der Waals surface area contributed by atoms with E-state index in [2.05, 4.69) is 10.6 Å². The summed E-state index contributed by atoms with van der Waals surface area (Å²) in [5.74, 6) is 0. The molecular weight excluding hydrogens is 206 g/mol.